The molecule has 1 amide bonds. The highest BCUT2D eigenvalue weighted by Gasteiger charge is 2.18. The normalized spacial score (nSPS) is 15.3. The Labute approximate surface area is 116 Å². The van der Waals surface area contributed by atoms with Crippen molar-refractivity contribution in [3.8, 4) is 11.4 Å². The second-order valence-electron chi connectivity index (χ2n) is 4.77. The van der Waals surface area contributed by atoms with Crippen molar-refractivity contribution in [3.63, 3.8) is 0 Å². The molecule has 1 saturated heterocycles. The van der Waals surface area contributed by atoms with E-state index in [4.69, 9.17) is 4.74 Å². The molecule has 2 aromatic heterocycles. The zero-order chi connectivity index (χ0) is 13.9. The maximum Gasteiger partial charge on any atom is 0.255 e. The molecule has 0 spiro atoms. The molecular weight excluding hydrogens is 256 g/mol. The van der Waals surface area contributed by atoms with E-state index in [-0.39, 0.29) is 5.91 Å². The highest BCUT2D eigenvalue weighted by molar-refractivity contribution is 5.94. The monoisotopic (exact) mass is 272 g/mol. The van der Waals surface area contributed by atoms with Gasteiger partial charge in [-0.1, -0.05) is 0 Å². The average molecular weight is 272 g/mol. The van der Waals surface area contributed by atoms with Crippen LogP contribution in [0.15, 0.2) is 24.4 Å². The first-order chi connectivity index (χ1) is 9.74. The highest BCUT2D eigenvalue weighted by Crippen LogP contribution is 2.16. The number of aromatic amines is 1. The van der Waals surface area contributed by atoms with Crippen LogP contribution in [0, 0.1) is 6.92 Å². The summed E-state index contributed by atoms with van der Waals surface area (Å²) < 4.78 is 5.24. The van der Waals surface area contributed by atoms with Crippen molar-refractivity contribution < 1.29 is 9.53 Å². The van der Waals surface area contributed by atoms with Crippen molar-refractivity contribution in [2.24, 2.45) is 0 Å². The van der Waals surface area contributed by atoms with Crippen LogP contribution in [0.1, 0.15) is 16.1 Å². The molecule has 0 atom stereocenters. The van der Waals surface area contributed by atoms with Crippen LogP contribution in [0.3, 0.4) is 0 Å². The van der Waals surface area contributed by atoms with Gasteiger partial charge in [-0.05, 0) is 25.1 Å². The second kappa shape index (κ2) is 5.42. The van der Waals surface area contributed by atoms with E-state index in [1.165, 1.54) is 0 Å². The van der Waals surface area contributed by atoms with Gasteiger partial charge in [-0.2, -0.15) is 5.10 Å². The van der Waals surface area contributed by atoms with Gasteiger partial charge in [-0.25, -0.2) is 0 Å². The molecule has 104 valence electrons. The molecule has 1 fully saturated rings. The number of hydrogen-bond donors (Lipinski definition) is 1. The van der Waals surface area contributed by atoms with Crippen LogP contribution in [0.25, 0.3) is 11.4 Å². The van der Waals surface area contributed by atoms with E-state index in [1.807, 2.05) is 19.1 Å². The van der Waals surface area contributed by atoms with Gasteiger partial charge in [-0.15, -0.1) is 0 Å². The van der Waals surface area contributed by atoms with Crippen molar-refractivity contribution in [1.29, 1.82) is 0 Å². The predicted molar refractivity (Wildman–Crippen MR) is 73.3 cm³/mol. The Kier molecular flexibility index (Phi) is 3.47. The summed E-state index contributed by atoms with van der Waals surface area (Å²) >= 11 is 0. The van der Waals surface area contributed by atoms with E-state index in [0.717, 1.165) is 17.1 Å². The highest BCUT2D eigenvalue weighted by atomic mass is 16.5. The fourth-order valence-electron chi connectivity index (χ4n) is 2.17. The third-order valence-electron chi connectivity index (χ3n) is 3.28. The molecule has 3 rings (SSSR count). The van der Waals surface area contributed by atoms with E-state index in [9.17, 15) is 4.79 Å². The van der Waals surface area contributed by atoms with Gasteiger partial charge in [0.05, 0.1) is 24.5 Å². The van der Waals surface area contributed by atoms with Crippen LogP contribution in [0.2, 0.25) is 0 Å². The standard InChI is InChI=1S/C14H16N4O2/c1-10-8-13(17-16-10)12-3-2-11(9-15-12)14(19)18-4-6-20-7-5-18/h2-3,8-9H,4-7H2,1H3,(H,16,17). The van der Waals surface area contributed by atoms with E-state index in [1.54, 1.807) is 17.2 Å². The van der Waals surface area contributed by atoms with Crippen molar-refractivity contribution >= 4 is 5.91 Å². The SMILES string of the molecule is Cc1cc(-c2ccc(C(=O)N3CCOCC3)cn2)n[nH]1. The molecule has 6 nitrogen and oxygen atoms in total. The maximum atomic E-state index is 12.3. The van der Waals surface area contributed by atoms with Crippen LogP contribution in [0.5, 0.6) is 0 Å². The molecule has 0 unspecified atom stereocenters. The van der Waals surface area contributed by atoms with Crippen LogP contribution >= 0.6 is 0 Å². The minimum Gasteiger partial charge on any atom is -0.378 e. The van der Waals surface area contributed by atoms with Gasteiger partial charge in [0.25, 0.3) is 5.91 Å². The summed E-state index contributed by atoms with van der Waals surface area (Å²) in [5, 5.41) is 7.03. The molecule has 1 aliphatic heterocycles. The first kappa shape index (κ1) is 12.8. The Bertz CT molecular complexity index is 600. The van der Waals surface area contributed by atoms with Gasteiger partial charge in [0.2, 0.25) is 0 Å². The van der Waals surface area contributed by atoms with Crippen molar-refractivity contribution in [3.05, 3.63) is 35.7 Å². The van der Waals surface area contributed by atoms with Gasteiger partial charge in [0.15, 0.2) is 0 Å². The maximum absolute atomic E-state index is 12.3. The molecule has 6 heteroatoms. The minimum atomic E-state index is 0.00515. The number of ether oxygens (including phenoxy) is 1. The van der Waals surface area contributed by atoms with Crippen LogP contribution in [-0.2, 0) is 4.74 Å². The van der Waals surface area contributed by atoms with Crippen molar-refractivity contribution in [2.45, 2.75) is 6.92 Å². The number of pyridine rings is 1. The Morgan fingerprint density at radius 2 is 2.10 bits per heavy atom. The summed E-state index contributed by atoms with van der Waals surface area (Å²) in [5.74, 6) is 0.00515. The molecular formula is C14H16N4O2. The number of morpholine rings is 1. The number of carbonyl (C=O) groups is 1. The molecule has 2 aromatic rings. The number of carbonyl (C=O) groups excluding carboxylic acids is 1. The summed E-state index contributed by atoms with van der Waals surface area (Å²) in [6, 6.07) is 5.54. The smallest absolute Gasteiger partial charge is 0.255 e. The van der Waals surface area contributed by atoms with Crippen LogP contribution in [-0.4, -0.2) is 52.3 Å². The number of rotatable bonds is 2. The number of nitrogens with zero attached hydrogens (tertiary/aromatic N) is 3. The fourth-order valence-corrected chi connectivity index (χ4v) is 2.17. The average Bonchev–Trinajstić information content (AvgIpc) is 2.94. The molecule has 0 bridgehead atoms. The summed E-state index contributed by atoms with van der Waals surface area (Å²) in [4.78, 5) is 18.4. The van der Waals surface area contributed by atoms with Crippen LogP contribution < -0.4 is 0 Å². The molecule has 0 saturated carbocycles. The minimum absolute atomic E-state index is 0.00515. The molecule has 0 aliphatic carbocycles. The summed E-state index contributed by atoms with van der Waals surface area (Å²) in [5.41, 5.74) is 3.12. The number of aryl methyl sites for hydroxylation is 1. The van der Waals surface area contributed by atoms with Crippen molar-refractivity contribution in [2.75, 3.05) is 26.3 Å². The lowest BCUT2D eigenvalue weighted by Crippen LogP contribution is -2.40. The van der Waals surface area contributed by atoms with E-state index in [2.05, 4.69) is 15.2 Å². The number of amides is 1. The lowest BCUT2D eigenvalue weighted by Gasteiger charge is -2.26. The molecule has 0 aromatic carbocycles. The lowest BCUT2D eigenvalue weighted by molar-refractivity contribution is 0.0302. The number of H-pyrrole nitrogens is 1. The Balaban J connectivity index is 1.77. The zero-order valence-corrected chi connectivity index (χ0v) is 11.3. The van der Waals surface area contributed by atoms with Crippen molar-refractivity contribution in [1.82, 2.24) is 20.1 Å². The summed E-state index contributed by atoms with van der Waals surface area (Å²) in [6.07, 6.45) is 1.61. The largest absolute Gasteiger partial charge is 0.378 e. The Morgan fingerprint density at radius 3 is 2.70 bits per heavy atom. The summed E-state index contributed by atoms with van der Waals surface area (Å²) in [6.45, 7) is 4.42. The first-order valence-corrected chi connectivity index (χ1v) is 6.59. The van der Waals surface area contributed by atoms with E-state index >= 15 is 0 Å². The van der Waals surface area contributed by atoms with Gasteiger partial charge >= 0.3 is 0 Å². The van der Waals surface area contributed by atoms with Gasteiger partial charge in [0, 0.05) is 25.0 Å². The Morgan fingerprint density at radius 1 is 1.30 bits per heavy atom. The molecule has 0 radical (unpaired) electrons. The van der Waals surface area contributed by atoms with Gasteiger partial charge in [0.1, 0.15) is 5.69 Å². The summed E-state index contributed by atoms with van der Waals surface area (Å²) in [7, 11) is 0. The van der Waals surface area contributed by atoms with E-state index in [0.29, 0.717) is 31.9 Å². The number of aromatic nitrogens is 3. The molecule has 1 aliphatic rings. The third-order valence-corrected chi connectivity index (χ3v) is 3.28. The first-order valence-electron chi connectivity index (χ1n) is 6.59. The second-order valence-corrected chi connectivity index (χ2v) is 4.77. The predicted octanol–water partition coefficient (Wildman–Crippen LogP) is 1.25. The fraction of sp³-hybridized carbons (Fsp3) is 0.357. The van der Waals surface area contributed by atoms with Gasteiger partial charge in [-0.3, -0.25) is 14.9 Å². The van der Waals surface area contributed by atoms with Gasteiger partial charge < -0.3 is 9.64 Å². The third kappa shape index (κ3) is 2.55. The topological polar surface area (TPSA) is 71.1 Å². The molecule has 3 heterocycles. The lowest BCUT2D eigenvalue weighted by atomic mass is 10.2. The zero-order valence-electron chi connectivity index (χ0n) is 11.3. The Hall–Kier alpha value is -2.21. The number of nitrogens with one attached hydrogen (secondary N) is 1. The molecule has 1 N–H and O–H groups in total. The van der Waals surface area contributed by atoms with Crippen LogP contribution in [0.4, 0.5) is 0 Å². The number of hydrogen-bond acceptors (Lipinski definition) is 4. The van der Waals surface area contributed by atoms with E-state index < -0.39 is 0 Å². The quantitative estimate of drug-likeness (QED) is 0.893. The molecule has 20 heavy (non-hydrogen) atoms.